The lowest BCUT2D eigenvalue weighted by Gasteiger charge is -2.34. The van der Waals surface area contributed by atoms with Gasteiger partial charge in [0.15, 0.2) is 0 Å². The molecule has 1 unspecified atom stereocenters. The number of hydrogen-bond acceptors (Lipinski definition) is 3. The van der Waals surface area contributed by atoms with Crippen LogP contribution in [0.3, 0.4) is 0 Å². The Morgan fingerprint density at radius 3 is 2.84 bits per heavy atom. The minimum Gasteiger partial charge on any atom is -0.315 e. The average Bonchev–Trinajstić information content (AvgIpc) is 2.65. The maximum atomic E-state index is 6.37. The van der Waals surface area contributed by atoms with Gasteiger partial charge in [-0.3, -0.25) is 9.58 Å². The summed E-state index contributed by atoms with van der Waals surface area (Å²) < 4.78 is 1.93. The summed E-state index contributed by atoms with van der Waals surface area (Å²) in [5, 5.41) is 8.73. The van der Waals surface area contributed by atoms with E-state index >= 15 is 0 Å². The van der Waals surface area contributed by atoms with Crippen molar-refractivity contribution in [2.24, 2.45) is 7.05 Å². The van der Waals surface area contributed by atoms with Crippen LogP contribution in [0.15, 0.2) is 0 Å². The molecule has 0 spiro atoms. The Morgan fingerprint density at radius 2 is 2.32 bits per heavy atom. The molecule has 1 aliphatic rings. The van der Waals surface area contributed by atoms with E-state index in [2.05, 4.69) is 22.2 Å². The van der Waals surface area contributed by atoms with Crippen molar-refractivity contribution in [1.82, 2.24) is 20.0 Å². The molecule has 1 aromatic heterocycles. The van der Waals surface area contributed by atoms with E-state index < -0.39 is 0 Å². The number of hydrogen-bond donors (Lipinski definition) is 1. The maximum absolute atomic E-state index is 6.37. The van der Waals surface area contributed by atoms with Crippen LogP contribution in [-0.2, 0) is 13.6 Å². The minimum atomic E-state index is 0.625. The molecule has 0 aliphatic carbocycles. The highest BCUT2D eigenvalue weighted by molar-refractivity contribution is 6.31. The molecular formula is C14H25ClN4. The van der Waals surface area contributed by atoms with Gasteiger partial charge in [-0.15, -0.1) is 0 Å². The number of aromatic nitrogens is 2. The summed E-state index contributed by atoms with van der Waals surface area (Å²) >= 11 is 6.37. The highest BCUT2D eigenvalue weighted by atomic mass is 35.5. The molecule has 1 aromatic rings. The van der Waals surface area contributed by atoms with Gasteiger partial charge >= 0.3 is 0 Å². The van der Waals surface area contributed by atoms with E-state index in [9.17, 15) is 0 Å². The zero-order valence-corrected chi connectivity index (χ0v) is 13.0. The Kier molecular flexibility index (Phi) is 5.25. The highest BCUT2D eigenvalue weighted by Gasteiger charge is 2.23. The second kappa shape index (κ2) is 6.73. The van der Waals surface area contributed by atoms with E-state index in [4.69, 9.17) is 11.6 Å². The Balaban J connectivity index is 2.11. The molecule has 0 saturated carbocycles. The molecule has 1 N–H and O–H groups in total. The van der Waals surface area contributed by atoms with Gasteiger partial charge in [0.25, 0.3) is 0 Å². The van der Waals surface area contributed by atoms with Crippen LogP contribution in [0.25, 0.3) is 0 Å². The van der Waals surface area contributed by atoms with Gasteiger partial charge in [-0.25, -0.2) is 0 Å². The molecule has 2 rings (SSSR count). The Morgan fingerprint density at radius 1 is 1.53 bits per heavy atom. The first-order valence-electron chi connectivity index (χ1n) is 7.26. The maximum Gasteiger partial charge on any atom is 0.0860 e. The lowest BCUT2D eigenvalue weighted by molar-refractivity contribution is 0.154. The topological polar surface area (TPSA) is 33.1 Å². The van der Waals surface area contributed by atoms with Crippen molar-refractivity contribution in [1.29, 1.82) is 0 Å². The summed E-state index contributed by atoms with van der Waals surface area (Å²) in [5.41, 5.74) is 2.07. The fourth-order valence-electron chi connectivity index (χ4n) is 2.87. The van der Waals surface area contributed by atoms with Crippen molar-refractivity contribution in [3.63, 3.8) is 0 Å². The minimum absolute atomic E-state index is 0.625. The summed E-state index contributed by atoms with van der Waals surface area (Å²) in [6, 6.07) is 0.625. The smallest absolute Gasteiger partial charge is 0.0860 e. The summed E-state index contributed by atoms with van der Waals surface area (Å²) in [6.45, 7) is 8.47. The van der Waals surface area contributed by atoms with Crippen molar-refractivity contribution in [3.8, 4) is 0 Å². The number of nitrogens with one attached hydrogen (secondary N) is 1. The van der Waals surface area contributed by atoms with Crippen molar-refractivity contribution in [3.05, 3.63) is 16.4 Å². The van der Waals surface area contributed by atoms with E-state index in [0.717, 1.165) is 42.6 Å². The molecule has 1 fully saturated rings. The fraction of sp³-hybridized carbons (Fsp3) is 0.786. The molecule has 108 valence electrons. The third kappa shape index (κ3) is 3.50. The van der Waals surface area contributed by atoms with E-state index in [1.165, 1.54) is 19.3 Å². The van der Waals surface area contributed by atoms with Crippen LogP contribution in [0.2, 0.25) is 5.02 Å². The zero-order valence-electron chi connectivity index (χ0n) is 12.2. The number of halogens is 1. The Bertz CT molecular complexity index is 410. The first kappa shape index (κ1) is 14.8. The lowest BCUT2D eigenvalue weighted by Crippen LogP contribution is -2.46. The third-order valence-corrected chi connectivity index (χ3v) is 4.40. The zero-order chi connectivity index (χ0) is 13.8. The van der Waals surface area contributed by atoms with Gasteiger partial charge in [0, 0.05) is 26.2 Å². The lowest BCUT2D eigenvalue weighted by atomic mass is 10.1. The third-order valence-electron chi connectivity index (χ3n) is 3.91. The second-order valence-corrected chi connectivity index (χ2v) is 5.82. The molecule has 0 amide bonds. The standard InChI is InChI=1S/C14H25ClN4/c1-4-8-19(12-6-5-7-16-9-12)10-13-14(15)11(2)17-18(13)3/h12,16H,4-10H2,1-3H3. The second-order valence-electron chi connectivity index (χ2n) is 5.44. The first-order chi connectivity index (χ1) is 9.13. The first-order valence-corrected chi connectivity index (χ1v) is 7.64. The van der Waals surface area contributed by atoms with Crippen molar-refractivity contribution >= 4 is 11.6 Å². The molecule has 0 bridgehead atoms. The van der Waals surface area contributed by atoms with E-state index in [1.54, 1.807) is 0 Å². The molecule has 1 aliphatic heterocycles. The van der Waals surface area contributed by atoms with Gasteiger partial charge in [-0.05, 0) is 39.3 Å². The van der Waals surface area contributed by atoms with Crippen molar-refractivity contribution in [2.45, 2.75) is 45.7 Å². The molecule has 4 nitrogen and oxygen atoms in total. The predicted octanol–water partition coefficient (Wildman–Crippen LogP) is 2.35. The number of aryl methyl sites for hydroxylation is 2. The summed E-state index contributed by atoms with van der Waals surface area (Å²) in [6.07, 6.45) is 3.72. The van der Waals surface area contributed by atoms with E-state index in [1.807, 2.05) is 18.7 Å². The molecule has 5 heteroatoms. The SMILES string of the molecule is CCCN(Cc1c(Cl)c(C)nn1C)C1CCCNC1. The van der Waals surface area contributed by atoms with Gasteiger partial charge in [-0.1, -0.05) is 18.5 Å². The number of nitrogens with zero attached hydrogens (tertiary/aromatic N) is 3. The molecule has 0 aromatic carbocycles. The largest absolute Gasteiger partial charge is 0.315 e. The van der Waals surface area contributed by atoms with Crippen molar-refractivity contribution < 1.29 is 0 Å². The quantitative estimate of drug-likeness (QED) is 0.901. The fourth-order valence-corrected chi connectivity index (χ4v) is 3.09. The van der Waals surface area contributed by atoms with Gasteiger partial charge < -0.3 is 5.32 Å². The Hall–Kier alpha value is -0.580. The number of piperidine rings is 1. The Labute approximate surface area is 121 Å². The van der Waals surface area contributed by atoms with Crippen LogP contribution in [0.1, 0.15) is 37.6 Å². The number of rotatable bonds is 5. The van der Waals surface area contributed by atoms with E-state index in [0.29, 0.717) is 6.04 Å². The highest BCUT2D eigenvalue weighted by Crippen LogP contribution is 2.23. The summed E-state index contributed by atoms with van der Waals surface area (Å²) in [5.74, 6) is 0. The normalized spacial score (nSPS) is 20.2. The van der Waals surface area contributed by atoms with E-state index in [-0.39, 0.29) is 0 Å². The summed E-state index contributed by atoms with van der Waals surface area (Å²) in [7, 11) is 1.98. The monoisotopic (exact) mass is 284 g/mol. The van der Waals surface area contributed by atoms with Crippen LogP contribution in [0, 0.1) is 6.92 Å². The van der Waals surface area contributed by atoms with Gasteiger partial charge in [0.1, 0.15) is 0 Å². The summed E-state index contributed by atoms with van der Waals surface area (Å²) in [4.78, 5) is 2.55. The van der Waals surface area contributed by atoms with Crippen molar-refractivity contribution in [2.75, 3.05) is 19.6 Å². The molecule has 1 atom stereocenters. The van der Waals surface area contributed by atoms with Crippen LogP contribution >= 0.6 is 11.6 Å². The molecular weight excluding hydrogens is 260 g/mol. The van der Waals surface area contributed by atoms with Gasteiger partial charge in [0.2, 0.25) is 0 Å². The van der Waals surface area contributed by atoms with Crippen LogP contribution in [0.5, 0.6) is 0 Å². The van der Waals surface area contributed by atoms with Gasteiger partial charge in [-0.2, -0.15) is 5.10 Å². The molecule has 19 heavy (non-hydrogen) atoms. The van der Waals surface area contributed by atoms with Gasteiger partial charge in [0.05, 0.1) is 16.4 Å². The molecule has 2 heterocycles. The predicted molar refractivity (Wildman–Crippen MR) is 79.5 cm³/mol. The average molecular weight is 285 g/mol. The molecule has 0 radical (unpaired) electrons. The van der Waals surface area contributed by atoms with Crippen LogP contribution < -0.4 is 5.32 Å². The molecule has 1 saturated heterocycles. The van der Waals surface area contributed by atoms with Crippen LogP contribution in [0.4, 0.5) is 0 Å². The van der Waals surface area contributed by atoms with Crippen LogP contribution in [-0.4, -0.2) is 40.4 Å².